The number of hydrogen-bond acceptors (Lipinski definition) is 23. The number of nitrogens with two attached hydrogens (primary N) is 1. The van der Waals surface area contributed by atoms with E-state index in [1.807, 2.05) is 13.0 Å². The van der Waals surface area contributed by atoms with E-state index >= 15 is 0 Å². The first-order valence-electron chi connectivity index (χ1n) is 30.7. The largest absolute Gasteiger partial charge is 0.444 e. The summed E-state index contributed by atoms with van der Waals surface area (Å²) in [5.74, 6) is -13.2. The summed E-state index contributed by atoms with van der Waals surface area (Å²) in [4.78, 5) is 58.3. The number of esters is 1. The van der Waals surface area contributed by atoms with Gasteiger partial charge in [-0.2, -0.15) is 21.5 Å². The monoisotopic (exact) mass is 1390 g/mol. The molecule has 1 saturated heterocycles. The fourth-order valence-electron chi connectivity index (χ4n) is 8.57. The molecule has 0 spiro atoms. The molecule has 3 amide bonds. The van der Waals surface area contributed by atoms with Gasteiger partial charge < -0.3 is 73.2 Å². The van der Waals surface area contributed by atoms with E-state index in [-0.39, 0.29) is 107 Å². The molecule has 0 aromatic heterocycles. The lowest BCUT2D eigenvalue weighted by atomic mass is 10.0. The van der Waals surface area contributed by atoms with E-state index in [0.29, 0.717) is 140 Å². The van der Waals surface area contributed by atoms with Crippen LogP contribution < -0.4 is 21.1 Å². The first-order chi connectivity index (χ1) is 45.4. The van der Waals surface area contributed by atoms with Crippen molar-refractivity contribution in [2.45, 2.75) is 68.8 Å². The number of fused-ring (bicyclic) bond motifs is 1. The summed E-state index contributed by atoms with van der Waals surface area (Å²) in [7, 11) is -9.50. The number of amidine groups is 1. The molecule has 95 heavy (non-hydrogen) atoms. The zero-order valence-corrected chi connectivity index (χ0v) is 55.3. The van der Waals surface area contributed by atoms with Crippen LogP contribution in [0.15, 0.2) is 62.8 Å². The van der Waals surface area contributed by atoms with E-state index < -0.39 is 78.1 Å². The molecule has 28 nitrogen and oxygen atoms in total. The molecule has 3 aromatic rings. The number of hydrogen-bond donors (Lipinski definition) is 4. The fourth-order valence-corrected chi connectivity index (χ4v) is 10.8. The van der Waals surface area contributed by atoms with Gasteiger partial charge in [-0.05, 0) is 62.6 Å². The van der Waals surface area contributed by atoms with Gasteiger partial charge in [0.2, 0.25) is 33.3 Å². The number of nitrogens with one attached hydrogen (secondary N) is 2. The van der Waals surface area contributed by atoms with Gasteiger partial charge in [-0.15, -0.1) is 0 Å². The molecule has 5 rings (SSSR count). The first kappa shape index (κ1) is 79.3. The van der Waals surface area contributed by atoms with Crippen LogP contribution in [-0.2, 0) is 91.5 Å². The number of rotatable bonds is 47. The molecule has 3 aromatic carbocycles. The molecule has 0 radical (unpaired) electrons. The number of ether oxygens (including phenoxy) is 12. The van der Waals surface area contributed by atoms with Crippen molar-refractivity contribution in [2.75, 3.05) is 171 Å². The number of carbonyl (C=O) groups is 4. The second kappa shape index (κ2) is 41.7. The molecule has 0 unspecified atom stereocenters. The molecule has 0 saturated carbocycles. The molecule has 2 heterocycles. The van der Waals surface area contributed by atoms with Crippen LogP contribution in [-0.4, -0.2) is 238 Å². The topological polar surface area (TPSA) is 346 Å². The summed E-state index contributed by atoms with van der Waals surface area (Å²) in [6.07, 6.45) is 1.35. The normalized spacial score (nSPS) is 13.7. The predicted octanol–water partition coefficient (Wildman–Crippen LogP) is 4.92. The lowest BCUT2D eigenvalue weighted by molar-refractivity contribution is -0.181. The number of aliphatic imine (C=N–C) groups is 1. The van der Waals surface area contributed by atoms with E-state index in [1.54, 1.807) is 63.2 Å². The van der Waals surface area contributed by atoms with Crippen molar-refractivity contribution >= 4 is 61.6 Å². The summed E-state index contributed by atoms with van der Waals surface area (Å²) in [6.45, 7) is 13.8. The summed E-state index contributed by atoms with van der Waals surface area (Å²) in [5, 5.41) is 6.72. The van der Waals surface area contributed by atoms with Gasteiger partial charge in [0.05, 0.1) is 156 Å². The van der Waals surface area contributed by atoms with Crippen LogP contribution in [0.2, 0.25) is 0 Å². The van der Waals surface area contributed by atoms with E-state index in [2.05, 4.69) is 20.4 Å². The average Bonchev–Trinajstić information content (AvgIpc) is 0.893. The minimum Gasteiger partial charge on any atom is -0.444 e. The summed E-state index contributed by atoms with van der Waals surface area (Å²) < 4.78 is 179. The second-order valence-electron chi connectivity index (χ2n) is 21.9. The Bertz CT molecular complexity index is 3200. The van der Waals surface area contributed by atoms with Gasteiger partial charge in [0.15, 0.2) is 16.5 Å². The number of carbonyl (C=O) groups excluding carboxylic acids is 4. The molecule has 34 heteroatoms. The molecule has 2 aliphatic rings. The average molecular weight is 1400 g/mol. The number of sulfonamides is 1. The van der Waals surface area contributed by atoms with Gasteiger partial charge in [0.1, 0.15) is 11.4 Å². The van der Waals surface area contributed by atoms with Gasteiger partial charge in [-0.25, -0.2) is 32.0 Å². The highest BCUT2D eigenvalue weighted by Crippen LogP contribution is 2.35. The SMILES string of the molecule is CCCN(OCCNC(=O)OC(C)(C)C)C(=O)C1=Cc2ccc(-c3cccc(S(=O)(=O)N4CC(CNC(=O)CCOCCOCCOCCOCCOCCOCCOCCOCCOCCOCCC(=O)Oc5c(F)c(F)c(S(=O)(=O)O)c(F)c5F)C4)c3)cc2N=C(N)C1. The Balaban J connectivity index is 0.781. The number of amides is 3. The lowest BCUT2D eigenvalue weighted by Gasteiger charge is -2.38. The van der Waals surface area contributed by atoms with E-state index in [4.69, 9.17) is 67.2 Å². The number of hydroxylamine groups is 2. The molecule has 0 atom stereocenters. The van der Waals surface area contributed by atoms with Crippen molar-refractivity contribution in [2.24, 2.45) is 16.6 Å². The van der Waals surface area contributed by atoms with E-state index in [1.165, 1.54) is 9.37 Å². The van der Waals surface area contributed by atoms with Crippen LogP contribution in [0.25, 0.3) is 17.2 Å². The molecule has 2 aliphatic heterocycles. The van der Waals surface area contributed by atoms with Crippen molar-refractivity contribution in [1.82, 2.24) is 20.0 Å². The van der Waals surface area contributed by atoms with Gasteiger partial charge >= 0.3 is 22.2 Å². The maximum absolute atomic E-state index is 14.0. The van der Waals surface area contributed by atoms with E-state index in [9.17, 15) is 53.6 Å². The Morgan fingerprint density at radius 1 is 0.653 bits per heavy atom. The molecular weight excluding hydrogens is 1310 g/mol. The number of halogens is 4. The highest BCUT2D eigenvalue weighted by Gasteiger charge is 2.37. The zero-order valence-electron chi connectivity index (χ0n) is 53.7. The smallest absolute Gasteiger partial charge is 0.407 e. The molecule has 1 fully saturated rings. The van der Waals surface area contributed by atoms with Crippen LogP contribution in [0.4, 0.5) is 28.0 Å². The summed E-state index contributed by atoms with van der Waals surface area (Å²) >= 11 is 0. The summed E-state index contributed by atoms with van der Waals surface area (Å²) in [5.41, 5.74) is 8.51. The Labute approximate surface area is 550 Å². The van der Waals surface area contributed by atoms with Crippen LogP contribution in [0, 0.1) is 29.2 Å². The van der Waals surface area contributed by atoms with Crippen molar-refractivity contribution in [3.05, 3.63) is 76.9 Å². The number of benzene rings is 3. The predicted molar refractivity (Wildman–Crippen MR) is 332 cm³/mol. The molecule has 532 valence electrons. The lowest BCUT2D eigenvalue weighted by Crippen LogP contribution is -2.53. The third-order valence-electron chi connectivity index (χ3n) is 13.2. The Hall–Kier alpha value is -6.35. The quantitative estimate of drug-likeness (QED) is 0.0111. The van der Waals surface area contributed by atoms with Gasteiger partial charge in [0.25, 0.3) is 5.91 Å². The standard InChI is InChI=1S/C61H86F4N6O22S2/c1-5-14-71(91-17-13-67-60(75)93-61(2,3)4)59(74)47-36-46-10-9-45(38-49(46)69-50(66)39-47)44-7-6-8-48(37-44)94(76,77)70-41-43(42-70)40-68-51(72)11-15-81-18-20-83-22-24-85-26-28-87-30-32-89-34-35-90-33-31-88-29-27-86-25-23-84-21-19-82-16-12-52(73)92-57-53(62)55(64)58(95(78,79)80)56(65)54(57)63/h6-10,36-38,43H,5,11-35,39-42H2,1-4H3,(H2,66,69)(H,67,75)(H,68,72)(H,78,79,80). The maximum Gasteiger partial charge on any atom is 0.407 e. The highest BCUT2D eigenvalue weighted by molar-refractivity contribution is 7.89. The van der Waals surface area contributed by atoms with Gasteiger partial charge in [-0.3, -0.25) is 23.8 Å². The van der Waals surface area contributed by atoms with Crippen molar-refractivity contribution < 1.29 is 120 Å². The van der Waals surface area contributed by atoms with Crippen LogP contribution in [0.1, 0.15) is 58.9 Å². The number of alkyl carbamates (subject to hydrolysis) is 1. The van der Waals surface area contributed by atoms with Gasteiger partial charge in [-0.1, -0.05) is 31.2 Å². The van der Waals surface area contributed by atoms with Gasteiger partial charge in [0, 0.05) is 62.6 Å². The Morgan fingerprint density at radius 3 is 1.62 bits per heavy atom. The molecule has 0 bridgehead atoms. The maximum atomic E-state index is 14.0. The van der Waals surface area contributed by atoms with Crippen LogP contribution >= 0.6 is 0 Å². The molecular formula is C61H86F4N6O22S2. The first-order valence-corrected chi connectivity index (χ1v) is 33.6. The van der Waals surface area contributed by atoms with Crippen molar-refractivity contribution in [3.63, 3.8) is 0 Å². The Kier molecular flexibility index (Phi) is 34.8. The third-order valence-corrected chi connectivity index (χ3v) is 15.9. The van der Waals surface area contributed by atoms with Crippen LogP contribution in [0.3, 0.4) is 0 Å². The minimum absolute atomic E-state index is 0.00774. The fraction of sp³-hybridized carbons (Fsp3) is 0.590. The van der Waals surface area contributed by atoms with E-state index in [0.717, 1.165) is 0 Å². The molecule has 5 N–H and O–H groups in total. The summed E-state index contributed by atoms with van der Waals surface area (Å²) in [6, 6.07) is 12.0. The van der Waals surface area contributed by atoms with Crippen molar-refractivity contribution in [3.8, 4) is 16.9 Å². The van der Waals surface area contributed by atoms with Crippen LogP contribution in [0.5, 0.6) is 5.75 Å². The third kappa shape index (κ3) is 28.7. The highest BCUT2D eigenvalue weighted by atomic mass is 32.2. The molecule has 0 aliphatic carbocycles. The minimum atomic E-state index is -5.66. The number of nitrogens with zero attached hydrogens (tertiary/aromatic N) is 3. The second-order valence-corrected chi connectivity index (χ2v) is 25.2. The Morgan fingerprint density at radius 2 is 1.14 bits per heavy atom. The van der Waals surface area contributed by atoms with Crippen molar-refractivity contribution in [1.29, 1.82) is 0 Å². The zero-order chi connectivity index (χ0) is 69.2.